The fourth-order valence-electron chi connectivity index (χ4n) is 1.72. The largest absolute Gasteiger partial charge is 0.491 e. The van der Waals surface area contributed by atoms with E-state index >= 15 is 0 Å². The molecule has 0 aromatic heterocycles. The van der Waals surface area contributed by atoms with E-state index < -0.39 is 11.7 Å². The molecule has 0 bridgehead atoms. The van der Waals surface area contributed by atoms with E-state index in [2.05, 4.69) is 5.32 Å². The van der Waals surface area contributed by atoms with Crippen molar-refractivity contribution in [3.8, 4) is 5.75 Å². The number of nitrogens with two attached hydrogens (primary N) is 1. The molecule has 0 radical (unpaired) electrons. The Morgan fingerprint density at radius 1 is 1.36 bits per heavy atom. The van der Waals surface area contributed by atoms with Gasteiger partial charge in [0.05, 0.1) is 24.6 Å². The number of nitrogens with one attached hydrogen (secondary N) is 1. The van der Waals surface area contributed by atoms with Gasteiger partial charge in [-0.15, -0.1) is 0 Å². The molecule has 0 aliphatic carbocycles. The van der Waals surface area contributed by atoms with Gasteiger partial charge in [0, 0.05) is 13.7 Å². The van der Waals surface area contributed by atoms with E-state index in [9.17, 15) is 18.0 Å². The van der Waals surface area contributed by atoms with Crippen LogP contribution in [0.3, 0.4) is 0 Å². The number of benzene rings is 1. The number of carbonyl (C=O) groups excluding carboxylic acids is 1. The highest BCUT2D eigenvalue weighted by Gasteiger charge is 2.33. The van der Waals surface area contributed by atoms with Gasteiger partial charge in [0.2, 0.25) is 5.91 Å². The Labute approximate surface area is 126 Å². The molecule has 1 aromatic carbocycles. The number of methoxy groups -OCH3 is 1. The number of hydrogen-bond donors (Lipinski definition) is 2. The average Bonchev–Trinajstić information content (AvgIpc) is 2.48. The van der Waals surface area contributed by atoms with Gasteiger partial charge in [-0.2, -0.15) is 13.2 Å². The minimum atomic E-state index is -4.48. The van der Waals surface area contributed by atoms with Gasteiger partial charge in [-0.1, -0.05) is 12.1 Å². The Kier molecular flexibility index (Phi) is 7.13. The number of halogens is 3. The van der Waals surface area contributed by atoms with Crippen LogP contribution in [0.2, 0.25) is 0 Å². The van der Waals surface area contributed by atoms with Gasteiger partial charge < -0.3 is 20.5 Å². The van der Waals surface area contributed by atoms with E-state index in [1.807, 2.05) is 0 Å². The van der Waals surface area contributed by atoms with E-state index in [0.717, 1.165) is 6.07 Å². The lowest BCUT2D eigenvalue weighted by Crippen LogP contribution is -2.34. The van der Waals surface area contributed by atoms with Crippen LogP contribution in [-0.4, -0.2) is 38.8 Å². The van der Waals surface area contributed by atoms with E-state index in [4.69, 9.17) is 15.2 Å². The van der Waals surface area contributed by atoms with Crippen LogP contribution in [0.25, 0.3) is 0 Å². The average molecular weight is 320 g/mol. The maximum Gasteiger partial charge on any atom is 0.419 e. The van der Waals surface area contributed by atoms with E-state index in [0.29, 0.717) is 0 Å². The summed E-state index contributed by atoms with van der Waals surface area (Å²) in [7, 11) is 1.45. The van der Waals surface area contributed by atoms with Crippen molar-refractivity contribution < 1.29 is 27.4 Å². The number of carbonyl (C=O) groups is 1. The van der Waals surface area contributed by atoms with Crippen LogP contribution < -0.4 is 15.8 Å². The molecule has 0 heterocycles. The molecule has 1 aromatic rings. The predicted octanol–water partition coefficient (Wildman–Crippen LogP) is 1.56. The first-order valence-electron chi connectivity index (χ1n) is 6.67. The van der Waals surface area contributed by atoms with Gasteiger partial charge in [0.1, 0.15) is 12.4 Å². The summed E-state index contributed by atoms with van der Waals surface area (Å²) in [5.41, 5.74) is 4.54. The zero-order chi connectivity index (χ0) is 16.6. The maximum absolute atomic E-state index is 12.7. The molecular formula is C14H19F3N2O3. The van der Waals surface area contributed by atoms with Gasteiger partial charge in [0.15, 0.2) is 0 Å². The summed E-state index contributed by atoms with van der Waals surface area (Å²) in [4.78, 5) is 11.5. The predicted molar refractivity (Wildman–Crippen MR) is 74.4 cm³/mol. The van der Waals surface area contributed by atoms with Crippen molar-refractivity contribution >= 4 is 5.91 Å². The lowest BCUT2D eigenvalue weighted by molar-refractivity contribution is -0.139. The minimum Gasteiger partial charge on any atom is -0.491 e. The van der Waals surface area contributed by atoms with Crippen molar-refractivity contribution in [2.45, 2.75) is 18.7 Å². The van der Waals surface area contributed by atoms with Crippen molar-refractivity contribution in [1.82, 2.24) is 5.32 Å². The molecule has 124 valence electrons. The molecule has 8 heteroatoms. The second-order valence-corrected chi connectivity index (χ2v) is 4.49. The first kappa shape index (κ1) is 18.2. The molecule has 0 saturated heterocycles. The second kappa shape index (κ2) is 8.60. The summed E-state index contributed by atoms with van der Waals surface area (Å²) in [6, 6.07) is 4.92. The summed E-state index contributed by atoms with van der Waals surface area (Å²) in [6.07, 6.45) is -4.77. The Morgan fingerprint density at radius 2 is 2.05 bits per heavy atom. The first-order chi connectivity index (χ1) is 10.4. The summed E-state index contributed by atoms with van der Waals surface area (Å²) in [5.74, 6) is -0.564. The smallest absolute Gasteiger partial charge is 0.419 e. The number of para-hydroxylation sites is 1. The van der Waals surface area contributed by atoms with Crippen molar-refractivity contribution in [1.29, 1.82) is 0 Å². The fourth-order valence-corrected chi connectivity index (χ4v) is 1.72. The quantitative estimate of drug-likeness (QED) is 0.713. The highest BCUT2D eigenvalue weighted by molar-refractivity contribution is 5.76. The van der Waals surface area contributed by atoms with E-state index in [-0.39, 0.29) is 43.9 Å². The van der Waals surface area contributed by atoms with Crippen LogP contribution in [0.15, 0.2) is 24.3 Å². The maximum atomic E-state index is 12.7. The minimum absolute atomic E-state index is 0.0703. The number of amides is 1. The van der Waals surface area contributed by atoms with Crippen LogP contribution in [0, 0.1) is 0 Å². The Morgan fingerprint density at radius 3 is 2.64 bits per heavy atom. The zero-order valence-corrected chi connectivity index (χ0v) is 12.2. The van der Waals surface area contributed by atoms with Crippen molar-refractivity contribution in [3.63, 3.8) is 0 Å². The molecular weight excluding hydrogens is 301 g/mol. The summed E-state index contributed by atoms with van der Waals surface area (Å²) in [6.45, 7) is 0.227. The van der Waals surface area contributed by atoms with Crippen LogP contribution in [0.1, 0.15) is 12.0 Å². The highest BCUT2D eigenvalue weighted by Crippen LogP contribution is 2.35. The molecule has 3 N–H and O–H groups in total. The monoisotopic (exact) mass is 320 g/mol. The molecule has 0 aliphatic rings. The van der Waals surface area contributed by atoms with Crippen LogP contribution in [-0.2, 0) is 15.7 Å². The third-order valence-electron chi connectivity index (χ3n) is 2.88. The summed E-state index contributed by atoms with van der Waals surface area (Å²) < 4.78 is 48.2. The molecule has 0 aliphatic heterocycles. The SMILES string of the molecule is COC(CN)CC(=O)NCCOc1ccccc1C(F)(F)F. The number of alkyl halides is 3. The van der Waals surface area contributed by atoms with E-state index in [1.54, 1.807) is 0 Å². The Balaban J connectivity index is 2.41. The molecule has 5 nitrogen and oxygen atoms in total. The summed E-state index contributed by atoms with van der Waals surface area (Å²) >= 11 is 0. The fraction of sp³-hybridized carbons (Fsp3) is 0.500. The van der Waals surface area contributed by atoms with E-state index in [1.165, 1.54) is 25.3 Å². The number of ether oxygens (including phenoxy) is 2. The topological polar surface area (TPSA) is 73.6 Å². The molecule has 1 unspecified atom stereocenters. The Hall–Kier alpha value is -1.80. The molecule has 0 saturated carbocycles. The molecule has 1 atom stereocenters. The van der Waals surface area contributed by atoms with Gasteiger partial charge in [-0.05, 0) is 12.1 Å². The lowest BCUT2D eigenvalue weighted by Gasteiger charge is -2.15. The second-order valence-electron chi connectivity index (χ2n) is 4.49. The van der Waals surface area contributed by atoms with Crippen molar-refractivity contribution in [2.75, 3.05) is 26.8 Å². The third-order valence-corrected chi connectivity index (χ3v) is 2.88. The molecule has 0 spiro atoms. The highest BCUT2D eigenvalue weighted by atomic mass is 19.4. The number of hydrogen-bond acceptors (Lipinski definition) is 4. The van der Waals surface area contributed by atoms with Gasteiger partial charge in [-0.25, -0.2) is 0 Å². The van der Waals surface area contributed by atoms with Gasteiger partial charge >= 0.3 is 6.18 Å². The normalized spacial score (nSPS) is 12.8. The molecule has 1 rings (SSSR count). The molecule has 1 amide bonds. The van der Waals surface area contributed by atoms with Crippen molar-refractivity contribution in [3.05, 3.63) is 29.8 Å². The van der Waals surface area contributed by atoms with Crippen molar-refractivity contribution in [2.24, 2.45) is 5.73 Å². The van der Waals surface area contributed by atoms with Crippen LogP contribution in [0.5, 0.6) is 5.75 Å². The molecule has 0 fully saturated rings. The number of rotatable bonds is 8. The van der Waals surface area contributed by atoms with Gasteiger partial charge in [-0.3, -0.25) is 4.79 Å². The van der Waals surface area contributed by atoms with Crippen LogP contribution in [0.4, 0.5) is 13.2 Å². The zero-order valence-electron chi connectivity index (χ0n) is 12.2. The summed E-state index contributed by atoms with van der Waals surface area (Å²) in [5, 5.41) is 2.53. The standard InChI is InChI=1S/C14H19F3N2O3/c1-21-10(9-18)8-13(20)19-6-7-22-12-5-3-2-4-11(12)14(15,16)17/h2-5,10H,6-9,18H2,1H3,(H,19,20). The lowest BCUT2D eigenvalue weighted by atomic mass is 10.2. The molecule has 22 heavy (non-hydrogen) atoms. The first-order valence-corrected chi connectivity index (χ1v) is 6.67. The third kappa shape index (κ3) is 5.90. The van der Waals surface area contributed by atoms with Crippen LogP contribution >= 0.6 is 0 Å². The Bertz CT molecular complexity index is 477. The van der Waals surface area contributed by atoms with Gasteiger partial charge in [0.25, 0.3) is 0 Å².